The van der Waals surface area contributed by atoms with Crippen LogP contribution in [-0.2, 0) is 16.4 Å². The molecule has 3 aromatic rings. The van der Waals surface area contributed by atoms with Gasteiger partial charge >= 0.3 is 0 Å². The number of ether oxygens (including phenoxy) is 3. The molecule has 0 bridgehead atoms. The first-order valence-electron chi connectivity index (χ1n) is 12.9. The Morgan fingerprint density at radius 2 is 1.56 bits per heavy atom. The van der Waals surface area contributed by atoms with Gasteiger partial charge in [-0.2, -0.15) is 0 Å². The van der Waals surface area contributed by atoms with Gasteiger partial charge in [-0.25, -0.2) is 17.1 Å². The molecule has 41 heavy (non-hydrogen) atoms. The van der Waals surface area contributed by atoms with Crippen LogP contribution in [0.25, 0.3) is 0 Å². The molecule has 0 saturated carbocycles. The molecular formula is C29H33ClFN3O6S. The average Bonchev–Trinajstić information content (AvgIpc) is 3.00. The van der Waals surface area contributed by atoms with E-state index >= 15 is 0 Å². The Bertz CT molecular complexity index is 1510. The Hall–Kier alpha value is -3.54. The highest BCUT2D eigenvalue weighted by molar-refractivity contribution is 7.89. The monoisotopic (exact) mass is 605 g/mol. The number of rotatable bonds is 10. The van der Waals surface area contributed by atoms with E-state index in [0.717, 1.165) is 11.6 Å². The lowest BCUT2D eigenvalue weighted by Crippen LogP contribution is -2.49. The zero-order valence-corrected chi connectivity index (χ0v) is 25.0. The van der Waals surface area contributed by atoms with E-state index < -0.39 is 15.8 Å². The van der Waals surface area contributed by atoms with Crippen molar-refractivity contribution in [1.82, 2.24) is 9.21 Å². The fourth-order valence-corrected chi connectivity index (χ4v) is 6.07. The van der Waals surface area contributed by atoms with Crippen molar-refractivity contribution in [3.05, 3.63) is 76.6 Å². The van der Waals surface area contributed by atoms with Crippen LogP contribution in [0.5, 0.6) is 17.2 Å². The van der Waals surface area contributed by atoms with Crippen molar-refractivity contribution in [1.29, 1.82) is 0 Å². The Morgan fingerprint density at radius 3 is 2.22 bits per heavy atom. The largest absolute Gasteiger partial charge is 0.495 e. The van der Waals surface area contributed by atoms with E-state index in [-0.39, 0.29) is 27.9 Å². The maximum Gasteiger partial charge on any atom is 0.255 e. The number of anilines is 1. The van der Waals surface area contributed by atoms with Gasteiger partial charge in [-0.15, -0.1) is 0 Å². The van der Waals surface area contributed by atoms with Gasteiger partial charge in [0.2, 0.25) is 10.0 Å². The van der Waals surface area contributed by atoms with E-state index in [2.05, 4.69) is 0 Å². The van der Waals surface area contributed by atoms with Crippen molar-refractivity contribution in [3.63, 3.8) is 0 Å². The standard InChI is InChI=1S/C29H33ClFN3O6S/c1-32(12-11-20-5-9-27(39-3)28(17-20)40-4)41(36,37)22-7-10-26(38-2)25(19-22)33-13-15-34(16-14-33)29(35)23-18-21(31)6-8-24(23)30/h5-10,17-19H,11-16H2,1-4H3. The Morgan fingerprint density at radius 1 is 0.902 bits per heavy atom. The Labute approximate surface area is 245 Å². The van der Waals surface area contributed by atoms with Crippen LogP contribution in [0, 0.1) is 5.82 Å². The van der Waals surface area contributed by atoms with E-state index in [4.69, 9.17) is 25.8 Å². The summed E-state index contributed by atoms with van der Waals surface area (Å²) in [7, 11) is 2.36. The van der Waals surface area contributed by atoms with Crippen LogP contribution >= 0.6 is 11.6 Å². The van der Waals surface area contributed by atoms with Crippen LogP contribution in [0.2, 0.25) is 5.02 Å². The number of methoxy groups -OCH3 is 3. The average molecular weight is 606 g/mol. The third kappa shape index (κ3) is 6.69. The zero-order chi connectivity index (χ0) is 29.7. The third-order valence-electron chi connectivity index (χ3n) is 7.09. The summed E-state index contributed by atoms with van der Waals surface area (Å²) in [6.07, 6.45) is 0.477. The quantitative estimate of drug-likeness (QED) is 0.340. The summed E-state index contributed by atoms with van der Waals surface area (Å²) < 4.78 is 58.2. The molecule has 0 unspecified atom stereocenters. The Balaban J connectivity index is 1.47. The Kier molecular flexibility index (Phi) is 9.62. The van der Waals surface area contributed by atoms with Gasteiger partial charge in [0, 0.05) is 39.8 Å². The topological polar surface area (TPSA) is 88.6 Å². The van der Waals surface area contributed by atoms with Crippen molar-refractivity contribution in [2.24, 2.45) is 0 Å². The summed E-state index contributed by atoms with van der Waals surface area (Å²) in [5.41, 5.74) is 1.63. The van der Waals surface area contributed by atoms with Crippen LogP contribution < -0.4 is 19.1 Å². The normalized spacial score (nSPS) is 13.8. The molecule has 1 saturated heterocycles. The molecular weight excluding hydrogens is 573 g/mol. The van der Waals surface area contributed by atoms with Crippen LogP contribution in [0.4, 0.5) is 10.1 Å². The molecule has 12 heteroatoms. The summed E-state index contributed by atoms with van der Waals surface area (Å²) >= 11 is 6.13. The first kappa shape index (κ1) is 30.4. The molecule has 0 atom stereocenters. The number of carbonyl (C=O) groups excluding carboxylic acids is 1. The highest BCUT2D eigenvalue weighted by Crippen LogP contribution is 2.33. The van der Waals surface area contributed by atoms with Gasteiger partial charge in [-0.1, -0.05) is 17.7 Å². The fraction of sp³-hybridized carbons (Fsp3) is 0.345. The minimum absolute atomic E-state index is 0.113. The molecule has 4 rings (SSSR count). The van der Waals surface area contributed by atoms with Crippen molar-refractivity contribution in [2.45, 2.75) is 11.3 Å². The summed E-state index contributed by atoms with van der Waals surface area (Å²) in [6, 6.07) is 14.0. The van der Waals surface area contributed by atoms with Crippen molar-refractivity contribution >= 4 is 33.2 Å². The number of likely N-dealkylation sites (N-methyl/N-ethyl adjacent to an activating group) is 1. The van der Waals surface area contributed by atoms with Gasteiger partial charge in [0.1, 0.15) is 11.6 Å². The molecule has 1 fully saturated rings. The molecule has 1 heterocycles. The molecule has 0 N–H and O–H groups in total. The second kappa shape index (κ2) is 13.0. The maximum absolute atomic E-state index is 13.7. The molecule has 0 radical (unpaired) electrons. The van der Waals surface area contributed by atoms with Gasteiger partial charge in [0.25, 0.3) is 5.91 Å². The highest BCUT2D eigenvalue weighted by atomic mass is 35.5. The second-order valence-electron chi connectivity index (χ2n) is 9.50. The van der Waals surface area contributed by atoms with E-state index in [0.29, 0.717) is 55.5 Å². The van der Waals surface area contributed by atoms with Gasteiger partial charge in [0.05, 0.1) is 42.5 Å². The number of amides is 1. The van der Waals surface area contributed by atoms with Crippen molar-refractivity contribution < 1.29 is 31.8 Å². The summed E-state index contributed by atoms with van der Waals surface area (Å²) in [4.78, 5) is 16.7. The first-order chi connectivity index (χ1) is 19.6. The SMILES string of the molecule is COc1ccc(CCN(C)S(=O)(=O)c2ccc(OC)c(N3CCN(C(=O)c4cc(F)ccc4Cl)CC3)c2)cc1OC. The van der Waals surface area contributed by atoms with E-state index in [1.54, 1.807) is 44.4 Å². The highest BCUT2D eigenvalue weighted by Gasteiger charge is 2.28. The van der Waals surface area contributed by atoms with Crippen LogP contribution in [0.3, 0.4) is 0 Å². The lowest BCUT2D eigenvalue weighted by Gasteiger charge is -2.37. The number of halogens is 2. The third-order valence-corrected chi connectivity index (χ3v) is 9.27. The number of piperazine rings is 1. The van der Waals surface area contributed by atoms with Crippen molar-refractivity contribution in [2.75, 3.05) is 66.0 Å². The van der Waals surface area contributed by atoms with Crippen molar-refractivity contribution in [3.8, 4) is 17.2 Å². The molecule has 1 aliphatic rings. The van der Waals surface area contributed by atoms with E-state index in [9.17, 15) is 17.6 Å². The molecule has 9 nitrogen and oxygen atoms in total. The van der Waals surface area contributed by atoms with Crippen LogP contribution in [-0.4, -0.2) is 84.6 Å². The minimum atomic E-state index is -3.81. The van der Waals surface area contributed by atoms with E-state index in [1.165, 1.54) is 29.6 Å². The lowest BCUT2D eigenvalue weighted by atomic mass is 10.1. The maximum atomic E-state index is 13.7. The molecule has 3 aromatic carbocycles. The number of hydrogen-bond acceptors (Lipinski definition) is 7. The number of sulfonamides is 1. The van der Waals surface area contributed by atoms with Gasteiger partial charge in [-0.3, -0.25) is 4.79 Å². The number of nitrogens with zero attached hydrogens (tertiary/aromatic N) is 3. The van der Waals surface area contributed by atoms with Gasteiger partial charge in [0.15, 0.2) is 11.5 Å². The number of hydrogen-bond donors (Lipinski definition) is 0. The first-order valence-corrected chi connectivity index (χ1v) is 14.8. The molecule has 0 aromatic heterocycles. The summed E-state index contributed by atoms with van der Waals surface area (Å²) in [5.74, 6) is 0.813. The second-order valence-corrected chi connectivity index (χ2v) is 12.0. The van der Waals surface area contributed by atoms with Crippen LogP contribution in [0.1, 0.15) is 15.9 Å². The van der Waals surface area contributed by atoms with Gasteiger partial charge in [-0.05, 0) is 60.5 Å². The summed E-state index contributed by atoms with van der Waals surface area (Å²) in [6.45, 7) is 1.79. The molecule has 1 aliphatic heterocycles. The minimum Gasteiger partial charge on any atom is -0.495 e. The van der Waals surface area contributed by atoms with E-state index in [1.807, 2.05) is 17.0 Å². The molecule has 0 aliphatic carbocycles. The molecule has 1 amide bonds. The van der Waals surface area contributed by atoms with Crippen LogP contribution in [0.15, 0.2) is 59.5 Å². The number of benzene rings is 3. The predicted molar refractivity (Wildman–Crippen MR) is 156 cm³/mol. The van der Waals surface area contributed by atoms with Gasteiger partial charge < -0.3 is 24.0 Å². The predicted octanol–water partition coefficient (Wildman–Crippen LogP) is 4.33. The fourth-order valence-electron chi connectivity index (χ4n) is 4.68. The smallest absolute Gasteiger partial charge is 0.255 e. The molecule has 220 valence electrons. The molecule has 0 spiro atoms. The summed E-state index contributed by atoms with van der Waals surface area (Å²) in [5, 5.41) is 0.189. The zero-order valence-electron chi connectivity index (χ0n) is 23.4. The lowest BCUT2D eigenvalue weighted by molar-refractivity contribution is 0.0746. The number of carbonyl (C=O) groups is 1.